The van der Waals surface area contributed by atoms with E-state index in [1.807, 2.05) is 49.5 Å². The average molecular weight is 465 g/mol. The number of ether oxygens (including phenoxy) is 1. The fraction of sp³-hybridized carbons (Fsp3) is 0.517. The number of nitrogens with zero attached hydrogens (tertiary/aromatic N) is 2. The summed E-state index contributed by atoms with van der Waals surface area (Å²) in [6.45, 7) is 4.00. The van der Waals surface area contributed by atoms with Crippen molar-refractivity contribution in [2.24, 2.45) is 0 Å². The summed E-state index contributed by atoms with van der Waals surface area (Å²) in [5, 5.41) is 0. The number of carbonyl (C=O) groups is 2. The van der Waals surface area contributed by atoms with Crippen molar-refractivity contribution in [2.75, 3.05) is 26.7 Å². The van der Waals surface area contributed by atoms with Gasteiger partial charge in [0.15, 0.2) is 0 Å². The van der Waals surface area contributed by atoms with Gasteiger partial charge in [0, 0.05) is 26.6 Å². The first-order valence-electron chi connectivity index (χ1n) is 12.9. The van der Waals surface area contributed by atoms with Crippen LogP contribution in [0.15, 0.2) is 54.6 Å². The van der Waals surface area contributed by atoms with Crippen LogP contribution in [0.3, 0.4) is 0 Å². The molecular weight excluding hydrogens is 424 g/mol. The number of fused-ring (bicyclic) bond motifs is 1. The maximum absolute atomic E-state index is 13.4. The van der Waals surface area contributed by atoms with E-state index in [-0.39, 0.29) is 17.9 Å². The van der Waals surface area contributed by atoms with E-state index in [9.17, 15) is 9.59 Å². The number of carbonyl (C=O) groups excluding carboxylic acids is 2. The lowest BCUT2D eigenvalue weighted by Gasteiger charge is -2.33. The van der Waals surface area contributed by atoms with Crippen molar-refractivity contribution in [1.29, 1.82) is 0 Å². The molecule has 2 amide bonds. The molecule has 5 nitrogen and oxygen atoms in total. The molecule has 3 rings (SSSR count). The molecule has 0 fully saturated rings. The highest BCUT2D eigenvalue weighted by molar-refractivity contribution is 5.96. The molecular formula is C29H40N2O3. The van der Waals surface area contributed by atoms with Gasteiger partial charge in [0.05, 0.1) is 11.6 Å². The second-order valence-corrected chi connectivity index (χ2v) is 9.34. The smallest absolute Gasteiger partial charge is 0.257 e. The predicted molar refractivity (Wildman–Crippen MR) is 137 cm³/mol. The topological polar surface area (TPSA) is 49.9 Å². The monoisotopic (exact) mass is 464 g/mol. The Hall–Kier alpha value is -2.82. The predicted octanol–water partition coefficient (Wildman–Crippen LogP) is 5.73. The molecule has 1 aliphatic heterocycles. The molecule has 0 radical (unpaired) electrons. The standard InChI is InChI=1S/C29H40N2O3/c1-3-4-8-19-28(32)31-21-14-6-5-13-20-30(2)29(33)26-17-11-12-18-27(26)34-23-25(31)22-24-15-9-7-10-16-24/h7,9-12,15-18,25H,3-6,8,13-14,19-23H2,1-2H3/t25-/m1/s1. The maximum atomic E-state index is 13.4. The molecule has 0 aromatic heterocycles. The zero-order valence-electron chi connectivity index (χ0n) is 20.9. The van der Waals surface area contributed by atoms with Crippen molar-refractivity contribution in [3.8, 4) is 5.75 Å². The van der Waals surface area contributed by atoms with E-state index >= 15 is 0 Å². The van der Waals surface area contributed by atoms with E-state index < -0.39 is 0 Å². The van der Waals surface area contributed by atoms with Crippen LogP contribution < -0.4 is 4.74 Å². The summed E-state index contributed by atoms with van der Waals surface area (Å²) in [4.78, 5) is 30.3. The average Bonchev–Trinajstić information content (AvgIpc) is 2.86. The van der Waals surface area contributed by atoms with Crippen molar-refractivity contribution >= 4 is 11.8 Å². The molecule has 2 aromatic carbocycles. The van der Waals surface area contributed by atoms with E-state index in [4.69, 9.17) is 4.74 Å². The SMILES string of the molecule is CCCCCC(=O)N1CCCCCCN(C)C(=O)c2ccccc2OC[C@H]1Cc1ccccc1. The lowest BCUT2D eigenvalue weighted by atomic mass is 10.0. The van der Waals surface area contributed by atoms with E-state index in [1.54, 1.807) is 4.90 Å². The number of hydrogen-bond donors (Lipinski definition) is 0. The molecule has 1 aliphatic rings. The summed E-state index contributed by atoms with van der Waals surface area (Å²) < 4.78 is 6.30. The van der Waals surface area contributed by atoms with Gasteiger partial charge in [0.2, 0.25) is 5.91 Å². The lowest BCUT2D eigenvalue weighted by Crippen LogP contribution is -2.45. The van der Waals surface area contributed by atoms with Crippen LogP contribution in [0.1, 0.15) is 74.2 Å². The molecule has 1 heterocycles. The Morgan fingerprint density at radius 2 is 1.65 bits per heavy atom. The first-order chi connectivity index (χ1) is 16.6. The number of amides is 2. The third-order valence-corrected chi connectivity index (χ3v) is 6.61. The molecule has 0 N–H and O–H groups in total. The Kier molecular flexibility index (Phi) is 10.5. The highest BCUT2D eigenvalue weighted by Crippen LogP contribution is 2.23. The van der Waals surface area contributed by atoms with E-state index in [0.717, 1.165) is 64.5 Å². The Balaban J connectivity index is 1.88. The highest BCUT2D eigenvalue weighted by Gasteiger charge is 2.26. The minimum Gasteiger partial charge on any atom is -0.491 e. The summed E-state index contributed by atoms with van der Waals surface area (Å²) >= 11 is 0. The van der Waals surface area contributed by atoms with Gasteiger partial charge in [-0.1, -0.05) is 75.1 Å². The summed E-state index contributed by atoms with van der Waals surface area (Å²) in [6.07, 6.45) is 8.45. The van der Waals surface area contributed by atoms with Crippen LogP contribution >= 0.6 is 0 Å². The van der Waals surface area contributed by atoms with Crippen LogP contribution in [0.4, 0.5) is 0 Å². The van der Waals surface area contributed by atoms with Crippen molar-refractivity contribution in [3.63, 3.8) is 0 Å². The van der Waals surface area contributed by atoms with Crippen LogP contribution in [0, 0.1) is 0 Å². The van der Waals surface area contributed by atoms with Gasteiger partial charge >= 0.3 is 0 Å². The Labute approximate surface area is 205 Å². The molecule has 34 heavy (non-hydrogen) atoms. The third kappa shape index (κ3) is 7.61. The molecule has 0 unspecified atom stereocenters. The second-order valence-electron chi connectivity index (χ2n) is 9.34. The first-order valence-corrected chi connectivity index (χ1v) is 12.9. The van der Waals surface area contributed by atoms with Crippen molar-refractivity contribution in [2.45, 2.75) is 70.8 Å². The van der Waals surface area contributed by atoms with Gasteiger partial charge in [-0.25, -0.2) is 0 Å². The molecule has 0 saturated carbocycles. The summed E-state index contributed by atoms with van der Waals surface area (Å²) in [7, 11) is 1.86. The number of hydrogen-bond acceptors (Lipinski definition) is 3. The normalized spacial score (nSPS) is 18.1. The number of benzene rings is 2. The van der Waals surface area contributed by atoms with E-state index in [1.165, 1.54) is 5.56 Å². The minimum absolute atomic E-state index is 0.0141. The molecule has 0 saturated heterocycles. The zero-order valence-corrected chi connectivity index (χ0v) is 20.9. The zero-order chi connectivity index (χ0) is 24.2. The molecule has 5 heteroatoms. The quantitative estimate of drug-likeness (QED) is 0.513. The number of rotatable bonds is 6. The van der Waals surface area contributed by atoms with Crippen LogP contribution in [-0.4, -0.2) is 54.4 Å². The van der Waals surface area contributed by atoms with Crippen LogP contribution in [0.5, 0.6) is 5.75 Å². The van der Waals surface area contributed by atoms with E-state index in [0.29, 0.717) is 24.3 Å². The first kappa shape index (κ1) is 25.8. The molecule has 0 bridgehead atoms. The molecule has 1 atom stereocenters. The van der Waals surface area contributed by atoms with Crippen LogP contribution in [0.25, 0.3) is 0 Å². The van der Waals surface area contributed by atoms with Gasteiger partial charge in [-0.15, -0.1) is 0 Å². The maximum Gasteiger partial charge on any atom is 0.257 e. The van der Waals surface area contributed by atoms with Gasteiger partial charge in [-0.05, 0) is 43.4 Å². The Morgan fingerprint density at radius 1 is 0.941 bits per heavy atom. The van der Waals surface area contributed by atoms with Gasteiger partial charge in [0.1, 0.15) is 12.4 Å². The summed E-state index contributed by atoms with van der Waals surface area (Å²) in [5.74, 6) is 0.793. The highest BCUT2D eigenvalue weighted by atomic mass is 16.5. The minimum atomic E-state index is -0.0830. The van der Waals surface area contributed by atoms with Gasteiger partial charge in [-0.3, -0.25) is 9.59 Å². The molecule has 2 aromatic rings. The second kappa shape index (κ2) is 13.8. The third-order valence-electron chi connectivity index (χ3n) is 6.61. The van der Waals surface area contributed by atoms with Crippen molar-refractivity contribution < 1.29 is 14.3 Å². The summed E-state index contributed by atoms with van der Waals surface area (Å²) in [6, 6.07) is 17.7. The number of para-hydroxylation sites is 1. The van der Waals surface area contributed by atoms with Crippen molar-refractivity contribution in [1.82, 2.24) is 9.80 Å². The van der Waals surface area contributed by atoms with E-state index in [2.05, 4.69) is 24.0 Å². The Morgan fingerprint density at radius 3 is 2.41 bits per heavy atom. The fourth-order valence-corrected chi connectivity index (χ4v) is 4.57. The van der Waals surface area contributed by atoms with Gasteiger partial charge < -0.3 is 14.5 Å². The van der Waals surface area contributed by atoms with Gasteiger partial charge in [-0.2, -0.15) is 0 Å². The fourth-order valence-electron chi connectivity index (χ4n) is 4.57. The van der Waals surface area contributed by atoms with Crippen LogP contribution in [0.2, 0.25) is 0 Å². The Bertz CT molecular complexity index is 899. The largest absolute Gasteiger partial charge is 0.491 e. The molecule has 184 valence electrons. The van der Waals surface area contributed by atoms with Crippen molar-refractivity contribution in [3.05, 3.63) is 65.7 Å². The van der Waals surface area contributed by atoms with Gasteiger partial charge in [0.25, 0.3) is 5.91 Å². The molecule has 0 aliphatic carbocycles. The lowest BCUT2D eigenvalue weighted by molar-refractivity contribution is -0.134. The molecule has 0 spiro atoms. The van der Waals surface area contributed by atoms with Crippen LogP contribution in [-0.2, 0) is 11.2 Å². The number of unbranched alkanes of at least 4 members (excludes halogenated alkanes) is 2. The summed E-state index contributed by atoms with van der Waals surface area (Å²) in [5.41, 5.74) is 1.77.